The molecule has 2 heteroatoms. The number of carbonyl (C=O) groups excluding carboxylic acids is 1. The van der Waals surface area contributed by atoms with Crippen LogP contribution in [0, 0.1) is 5.92 Å². The van der Waals surface area contributed by atoms with E-state index in [0.29, 0.717) is 12.6 Å². The largest absolute Gasteiger partial charge is 0.303 e. The van der Waals surface area contributed by atoms with Crippen LogP contribution < -0.4 is 0 Å². The third-order valence-electron chi connectivity index (χ3n) is 0.591. The van der Waals surface area contributed by atoms with Crippen LogP contribution in [-0.4, -0.2) is 6.29 Å². The van der Waals surface area contributed by atoms with Gasteiger partial charge in [-0.3, -0.25) is 0 Å². The average Bonchev–Trinajstić information content (AvgIpc) is 1.68. The molecule has 0 aromatic carbocycles. The van der Waals surface area contributed by atoms with Gasteiger partial charge in [-0.25, -0.2) is 4.39 Å². The lowest BCUT2D eigenvalue weighted by Crippen LogP contribution is -1.86. The predicted octanol–water partition coefficient (Wildman–Crippen LogP) is 1.30. The smallest absolute Gasteiger partial charge is 0.126 e. The maximum atomic E-state index is 11.1. The molecule has 1 nitrogen and oxygen atoms in total. The van der Waals surface area contributed by atoms with Gasteiger partial charge in [0.25, 0.3) is 0 Å². The van der Waals surface area contributed by atoms with Crippen LogP contribution in [0.15, 0.2) is 12.4 Å². The Morgan fingerprint density at radius 3 is 2.43 bits per heavy atom. The number of hydrogen-bond donors (Lipinski definition) is 0. The monoisotopic (exact) mass is 102 g/mol. The Hall–Kier alpha value is -0.660. The summed E-state index contributed by atoms with van der Waals surface area (Å²) in [6, 6.07) is 0. The van der Waals surface area contributed by atoms with E-state index in [0.717, 1.165) is 0 Å². The number of hydrogen-bond acceptors (Lipinski definition) is 1. The average molecular weight is 102 g/mol. The van der Waals surface area contributed by atoms with Crippen molar-refractivity contribution in [1.82, 2.24) is 0 Å². The van der Waals surface area contributed by atoms with Crippen LogP contribution in [0.1, 0.15) is 6.92 Å². The fraction of sp³-hybridized carbons (Fsp3) is 0.400. The van der Waals surface area contributed by atoms with Crippen LogP contribution in [-0.2, 0) is 4.79 Å². The van der Waals surface area contributed by atoms with E-state index in [9.17, 15) is 9.18 Å². The second-order valence-electron chi connectivity index (χ2n) is 1.31. The van der Waals surface area contributed by atoms with E-state index in [-0.39, 0.29) is 5.92 Å². The summed E-state index contributed by atoms with van der Waals surface area (Å²) in [5, 5.41) is 0. The molecule has 0 aromatic heterocycles. The van der Waals surface area contributed by atoms with Crippen molar-refractivity contribution in [3.05, 3.63) is 12.4 Å². The van der Waals surface area contributed by atoms with Crippen LogP contribution in [0.3, 0.4) is 0 Å². The van der Waals surface area contributed by atoms with Crippen molar-refractivity contribution >= 4 is 6.29 Å². The molecule has 0 aliphatic carbocycles. The minimum atomic E-state index is -0.287. The summed E-state index contributed by atoms with van der Waals surface area (Å²) in [6.45, 7) is 1.61. The molecule has 0 rings (SSSR count). The first-order valence-corrected chi connectivity index (χ1v) is 2.03. The van der Waals surface area contributed by atoms with Crippen LogP contribution in [0.25, 0.3) is 0 Å². The minimum absolute atomic E-state index is 0.287. The van der Waals surface area contributed by atoms with Gasteiger partial charge in [0.15, 0.2) is 0 Å². The molecular weight excluding hydrogens is 95.1 g/mol. The molecule has 0 bridgehead atoms. The zero-order valence-corrected chi connectivity index (χ0v) is 4.10. The molecular formula is C5H7FO. The van der Waals surface area contributed by atoms with Gasteiger partial charge in [0.2, 0.25) is 0 Å². The lowest BCUT2D eigenvalue weighted by Gasteiger charge is -1.84. The third kappa shape index (κ3) is 3.16. The number of allylic oxidation sites excluding steroid dienone is 1. The standard InChI is InChI=1S/C5H7FO/c1-5(4-7)2-3-6/h2-5H,1H3. The summed E-state index contributed by atoms with van der Waals surface area (Å²) in [7, 11) is 0. The number of carbonyl (C=O) groups is 1. The summed E-state index contributed by atoms with van der Waals surface area (Å²) < 4.78 is 11.1. The summed E-state index contributed by atoms with van der Waals surface area (Å²) >= 11 is 0. The van der Waals surface area contributed by atoms with Crippen molar-refractivity contribution in [3.8, 4) is 0 Å². The predicted molar refractivity (Wildman–Crippen MR) is 25.5 cm³/mol. The zero-order valence-electron chi connectivity index (χ0n) is 4.10. The molecule has 0 spiro atoms. The quantitative estimate of drug-likeness (QED) is 0.480. The summed E-state index contributed by atoms with van der Waals surface area (Å²) in [5.41, 5.74) is 0. The van der Waals surface area contributed by atoms with Gasteiger partial charge in [-0.2, -0.15) is 0 Å². The van der Waals surface area contributed by atoms with Crippen LogP contribution >= 0.6 is 0 Å². The highest BCUT2D eigenvalue weighted by molar-refractivity contribution is 5.55. The van der Waals surface area contributed by atoms with Crippen molar-refractivity contribution in [2.45, 2.75) is 6.92 Å². The van der Waals surface area contributed by atoms with E-state index in [1.54, 1.807) is 6.92 Å². The first-order valence-electron chi connectivity index (χ1n) is 2.03. The molecule has 1 atom stereocenters. The maximum Gasteiger partial charge on any atom is 0.126 e. The number of rotatable bonds is 2. The van der Waals surface area contributed by atoms with E-state index in [1.807, 2.05) is 0 Å². The highest BCUT2D eigenvalue weighted by Crippen LogP contribution is 1.89. The van der Waals surface area contributed by atoms with Gasteiger partial charge in [0.1, 0.15) is 6.29 Å². The Morgan fingerprint density at radius 2 is 2.29 bits per heavy atom. The maximum absolute atomic E-state index is 11.1. The first kappa shape index (κ1) is 6.34. The zero-order chi connectivity index (χ0) is 5.70. The molecule has 0 heterocycles. The van der Waals surface area contributed by atoms with Crippen molar-refractivity contribution in [1.29, 1.82) is 0 Å². The fourth-order valence-electron chi connectivity index (χ4n) is 0.160. The van der Waals surface area contributed by atoms with Crippen molar-refractivity contribution in [2.24, 2.45) is 5.92 Å². The van der Waals surface area contributed by atoms with E-state index in [1.165, 1.54) is 6.08 Å². The van der Waals surface area contributed by atoms with Gasteiger partial charge in [-0.1, -0.05) is 6.92 Å². The second-order valence-corrected chi connectivity index (χ2v) is 1.31. The van der Waals surface area contributed by atoms with E-state index in [2.05, 4.69) is 0 Å². The SMILES string of the molecule is CC(C=O)C=CF. The van der Waals surface area contributed by atoms with Gasteiger partial charge in [-0.05, 0) is 6.08 Å². The van der Waals surface area contributed by atoms with Crippen LogP contribution in [0.4, 0.5) is 4.39 Å². The third-order valence-corrected chi connectivity index (χ3v) is 0.591. The summed E-state index contributed by atoms with van der Waals surface area (Å²) in [5.74, 6) is -0.287. The van der Waals surface area contributed by atoms with Gasteiger partial charge in [-0.15, -0.1) is 0 Å². The Kier molecular flexibility index (Phi) is 3.19. The van der Waals surface area contributed by atoms with E-state index < -0.39 is 0 Å². The molecule has 0 fully saturated rings. The van der Waals surface area contributed by atoms with Gasteiger partial charge in [0.05, 0.1) is 6.33 Å². The molecule has 40 valence electrons. The molecule has 0 radical (unpaired) electrons. The van der Waals surface area contributed by atoms with Crippen molar-refractivity contribution in [3.63, 3.8) is 0 Å². The van der Waals surface area contributed by atoms with Crippen LogP contribution in [0.5, 0.6) is 0 Å². The Balaban J connectivity index is 3.35. The molecule has 0 amide bonds. The summed E-state index contributed by atoms with van der Waals surface area (Å²) in [4.78, 5) is 9.68. The Morgan fingerprint density at radius 1 is 1.71 bits per heavy atom. The fourth-order valence-corrected chi connectivity index (χ4v) is 0.160. The lowest BCUT2D eigenvalue weighted by atomic mass is 10.2. The summed E-state index contributed by atoms with van der Waals surface area (Å²) in [6.07, 6.45) is 2.24. The van der Waals surface area contributed by atoms with E-state index >= 15 is 0 Å². The molecule has 1 unspecified atom stereocenters. The lowest BCUT2D eigenvalue weighted by molar-refractivity contribution is -0.109. The Labute approximate surface area is 41.8 Å². The molecule has 0 N–H and O–H groups in total. The highest BCUT2D eigenvalue weighted by atomic mass is 19.1. The molecule has 0 saturated carbocycles. The number of aldehydes is 1. The molecule has 0 saturated heterocycles. The Bertz CT molecular complexity index is 78.1. The first-order chi connectivity index (χ1) is 3.31. The van der Waals surface area contributed by atoms with Crippen molar-refractivity contribution < 1.29 is 9.18 Å². The second kappa shape index (κ2) is 3.53. The van der Waals surface area contributed by atoms with Gasteiger partial charge >= 0.3 is 0 Å². The molecule has 0 aliphatic rings. The highest BCUT2D eigenvalue weighted by Gasteiger charge is 1.87. The number of halogens is 1. The van der Waals surface area contributed by atoms with Crippen molar-refractivity contribution in [2.75, 3.05) is 0 Å². The topological polar surface area (TPSA) is 17.1 Å². The normalized spacial score (nSPS) is 14.6. The van der Waals surface area contributed by atoms with Gasteiger partial charge in [0, 0.05) is 5.92 Å². The molecule has 7 heavy (non-hydrogen) atoms. The van der Waals surface area contributed by atoms with Gasteiger partial charge < -0.3 is 4.79 Å². The van der Waals surface area contributed by atoms with E-state index in [4.69, 9.17) is 0 Å². The molecule has 0 aliphatic heterocycles. The minimum Gasteiger partial charge on any atom is -0.303 e. The molecule has 0 aromatic rings. The van der Waals surface area contributed by atoms with Crippen LogP contribution in [0.2, 0.25) is 0 Å².